The molecular weight excluding hydrogens is 534 g/mol. The number of halogens is 2. The Bertz CT molecular complexity index is 1410. The fraction of sp³-hybridized carbons (Fsp3) is 0.310. The van der Waals surface area contributed by atoms with Gasteiger partial charge in [0.25, 0.3) is 0 Å². The highest BCUT2D eigenvalue weighted by Crippen LogP contribution is 2.47. The maximum absolute atomic E-state index is 14.9. The van der Waals surface area contributed by atoms with Crippen molar-refractivity contribution < 1.29 is 27.9 Å². The third kappa shape index (κ3) is 7.76. The predicted molar refractivity (Wildman–Crippen MR) is 151 cm³/mol. The Kier molecular flexibility index (Phi) is 9.13. The molecule has 1 aliphatic carbocycles. The number of carbonyl (C=O) groups excluding carboxylic acids is 3. The molecular formula is C29H32F2N6O4. The number of pyridine rings is 1. The Balaban J connectivity index is 1.34. The van der Waals surface area contributed by atoms with E-state index in [1.807, 2.05) is 19.0 Å². The van der Waals surface area contributed by atoms with Crippen LogP contribution in [-0.4, -0.2) is 66.9 Å². The van der Waals surface area contributed by atoms with Gasteiger partial charge in [0.2, 0.25) is 11.8 Å². The van der Waals surface area contributed by atoms with Crippen molar-refractivity contribution in [3.8, 4) is 11.5 Å². The maximum atomic E-state index is 14.9. The van der Waals surface area contributed by atoms with Crippen LogP contribution in [0.15, 0.2) is 60.8 Å². The Morgan fingerprint density at radius 1 is 0.878 bits per heavy atom. The van der Waals surface area contributed by atoms with Crippen LogP contribution in [0.25, 0.3) is 0 Å². The number of rotatable bonds is 11. The van der Waals surface area contributed by atoms with Crippen LogP contribution in [0.3, 0.4) is 0 Å². The van der Waals surface area contributed by atoms with E-state index < -0.39 is 28.9 Å². The number of nitrogens with zero attached hydrogens (tertiary/aromatic N) is 3. The van der Waals surface area contributed by atoms with E-state index in [1.54, 1.807) is 18.0 Å². The van der Waals surface area contributed by atoms with Crippen LogP contribution in [0.1, 0.15) is 19.3 Å². The third-order valence-electron chi connectivity index (χ3n) is 6.56. The molecule has 1 fully saturated rings. The molecule has 3 aromatic rings. The second-order valence-corrected chi connectivity index (χ2v) is 10.1. The Morgan fingerprint density at radius 3 is 2.22 bits per heavy atom. The number of benzene rings is 2. The average molecular weight is 567 g/mol. The largest absolute Gasteiger partial charge is 0.457 e. The van der Waals surface area contributed by atoms with Gasteiger partial charge in [-0.2, -0.15) is 0 Å². The summed E-state index contributed by atoms with van der Waals surface area (Å²) < 4.78 is 33.8. The van der Waals surface area contributed by atoms with Crippen LogP contribution in [0.2, 0.25) is 0 Å². The third-order valence-corrected chi connectivity index (χ3v) is 6.56. The molecule has 10 nitrogen and oxygen atoms in total. The highest BCUT2D eigenvalue weighted by atomic mass is 19.1. The summed E-state index contributed by atoms with van der Waals surface area (Å²) in [5.41, 5.74) is -1.08. The first-order chi connectivity index (χ1) is 19.6. The minimum absolute atomic E-state index is 0.108. The van der Waals surface area contributed by atoms with Crippen LogP contribution < -0.4 is 20.7 Å². The quantitative estimate of drug-likeness (QED) is 0.284. The van der Waals surface area contributed by atoms with Gasteiger partial charge >= 0.3 is 6.03 Å². The molecule has 2 aromatic carbocycles. The lowest BCUT2D eigenvalue weighted by atomic mass is 10.0. The summed E-state index contributed by atoms with van der Waals surface area (Å²) in [5.74, 6) is -1.64. The van der Waals surface area contributed by atoms with Gasteiger partial charge in [-0.1, -0.05) is 0 Å². The van der Waals surface area contributed by atoms with Gasteiger partial charge < -0.3 is 25.2 Å². The molecule has 1 aromatic heterocycles. The van der Waals surface area contributed by atoms with Crippen molar-refractivity contribution >= 4 is 35.0 Å². The molecule has 0 unspecified atom stereocenters. The summed E-state index contributed by atoms with van der Waals surface area (Å²) in [4.78, 5) is 45.8. The van der Waals surface area contributed by atoms with E-state index in [1.165, 1.54) is 48.7 Å². The number of aromatic nitrogens is 1. The van der Waals surface area contributed by atoms with Gasteiger partial charge in [-0.05, 0) is 82.4 Å². The molecule has 0 spiro atoms. The molecule has 3 N–H and O–H groups in total. The number of amides is 4. The number of hydrogen-bond acceptors (Lipinski definition) is 6. The van der Waals surface area contributed by atoms with Crippen LogP contribution >= 0.6 is 0 Å². The highest BCUT2D eigenvalue weighted by Gasteiger charge is 2.56. The van der Waals surface area contributed by atoms with Crippen LogP contribution in [0, 0.1) is 17.0 Å². The standard InChI is InChI=1S/C29H32F2N6O4/c1-36(2)15-4-16-37(3)28(40)35-25-18-22(11-14-32-25)41-21-9-10-24(23(31)17-21)34-27(39)29(12-13-29)26(38)33-20-7-5-19(30)6-8-20/h5-11,14,17-18H,4,12-13,15-16H2,1-3H3,(H,33,38)(H,34,39)(H,32,35,40). The number of carbonyl (C=O) groups is 3. The molecule has 1 saturated carbocycles. The molecule has 0 aliphatic heterocycles. The van der Waals surface area contributed by atoms with Crippen molar-refractivity contribution in [1.29, 1.82) is 0 Å². The zero-order chi connectivity index (χ0) is 29.6. The van der Waals surface area contributed by atoms with E-state index in [0.717, 1.165) is 19.0 Å². The van der Waals surface area contributed by atoms with Crippen LogP contribution in [0.5, 0.6) is 11.5 Å². The Hall–Kier alpha value is -4.58. The molecule has 0 radical (unpaired) electrons. The minimum atomic E-state index is -1.33. The van der Waals surface area contributed by atoms with Crippen molar-refractivity contribution in [3.63, 3.8) is 0 Å². The van der Waals surface area contributed by atoms with E-state index in [2.05, 4.69) is 20.9 Å². The van der Waals surface area contributed by atoms with Gasteiger partial charge in [-0.15, -0.1) is 0 Å². The molecule has 41 heavy (non-hydrogen) atoms. The maximum Gasteiger partial charge on any atom is 0.322 e. The molecule has 1 aliphatic rings. The molecule has 1 heterocycles. The first-order valence-corrected chi connectivity index (χ1v) is 13.0. The number of hydrogen-bond donors (Lipinski definition) is 3. The number of anilines is 3. The molecule has 4 rings (SSSR count). The molecule has 0 saturated heterocycles. The van der Waals surface area contributed by atoms with Crippen LogP contribution in [0.4, 0.5) is 30.8 Å². The molecule has 0 bridgehead atoms. The Labute approximate surface area is 236 Å². The average Bonchev–Trinajstić information content (AvgIpc) is 3.74. The van der Waals surface area contributed by atoms with E-state index in [9.17, 15) is 23.2 Å². The summed E-state index contributed by atoms with van der Waals surface area (Å²) >= 11 is 0. The predicted octanol–water partition coefficient (Wildman–Crippen LogP) is 4.92. The molecule has 0 atom stereocenters. The normalized spacial score (nSPS) is 13.3. The fourth-order valence-electron chi connectivity index (χ4n) is 3.98. The van der Waals surface area contributed by atoms with Crippen molar-refractivity contribution in [2.75, 3.05) is 50.2 Å². The lowest BCUT2D eigenvalue weighted by molar-refractivity contribution is -0.131. The molecule has 4 amide bonds. The van der Waals surface area contributed by atoms with E-state index >= 15 is 0 Å². The molecule has 12 heteroatoms. The second-order valence-electron chi connectivity index (χ2n) is 10.1. The van der Waals surface area contributed by atoms with Crippen molar-refractivity contribution in [1.82, 2.24) is 14.8 Å². The summed E-state index contributed by atoms with van der Waals surface area (Å²) in [7, 11) is 5.62. The van der Waals surface area contributed by atoms with Crippen molar-refractivity contribution in [2.24, 2.45) is 5.41 Å². The molecule has 216 valence electrons. The first kappa shape index (κ1) is 29.4. The lowest BCUT2D eigenvalue weighted by Gasteiger charge is -2.19. The number of ether oxygens (including phenoxy) is 1. The number of urea groups is 1. The van der Waals surface area contributed by atoms with E-state index in [4.69, 9.17) is 4.74 Å². The van der Waals surface area contributed by atoms with Crippen molar-refractivity contribution in [3.05, 3.63) is 72.4 Å². The van der Waals surface area contributed by atoms with Crippen LogP contribution in [-0.2, 0) is 9.59 Å². The monoisotopic (exact) mass is 566 g/mol. The summed E-state index contributed by atoms with van der Waals surface area (Å²) in [6, 6.07) is 11.8. The number of nitrogens with one attached hydrogen (secondary N) is 3. The first-order valence-electron chi connectivity index (χ1n) is 13.0. The zero-order valence-electron chi connectivity index (χ0n) is 23.0. The summed E-state index contributed by atoms with van der Waals surface area (Å²) in [5, 5.41) is 7.80. The van der Waals surface area contributed by atoms with E-state index in [-0.39, 0.29) is 23.3 Å². The van der Waals surface area contributed by atoms with Gasteiger partial charge in [0.05, 0.1) is 5.69 Å². The fourth-order valence-corrected chi connectivity index (χ4v) is 3.98. The Morgan fingerprint density at radius 2 is 1.56 bits per heavy atom. The van der Waals surface area contributed by atoms with Gasteiger partial charge in [0.1, 0.15) is 34.4 Å². The van der Waals surface area contributed by atoms with Gasteiger partial charge in [-0.25, -0.2) is 18.6 Å². The minimum Gasteiger partial charge on any atom is -0.457 e. The van der Waals surface area contributed by atoms with Gasteiger partial charge in [0, 0.05) is 37.6 Å². The SMILES string of the molecule is CN(C)CCCN(C)C(=O)Nc1cc(Oc2ccc(NC(=O)C3(C(=O)Nc4ccc(F)cc4)CC3)c(F)c2)ccn1. The zero-order valence-corrected chi connectivity index (χ0v) is 23.0. The van der Waals surface area contributed by atoms with E-state index in [0.29, 0.717) is 30.8 Å². The highest BCUT2D eigenvalue weighted by molar-refractivity contribution is 6.16. The summed E-state index contributed by atoms with van der Waals surface area (Å²) in [6.07, 6.45) is 2.89. The smallest absolute Gasteiger partial charge is 0.322 e. The van der Waals surface area contributed by atoms with Gasteiger partial charge in [0.15, 0.2) is 0 Å². The lowest BCUT2D eigenvalue weighted by Crippen LogP contribution is -2.35. The van der Waals surface area contributed by atoms with Gasteiger partial charge in [-0.3, -0.25) is 14.9 Å². The second kappa shape index (κ2) is 12.7. The van der Waals surface area contributed by atoms with Crippen molar-refractivity contribution in [2.45, 2.75) is 19.3 Å². The topological polar surface area (TPSA) is 116 Å². The summed E-state index contributed by atoms with van der Waals surface area (Å²) in [6.45, 7) is 1.42.